The van der Waals surface area contributed by atoms with Crippen LogP contribution in [-0.4, -0.2) is 16.1 Å². The van der Waals surface area contributed by atoms with Crippen LogP contribution in [0.5, 0.6) is 0 Å². The van der Waals surface area contributed by atoms with E-state index in [1.807, 2.05) is 0 Å². The first-order chi connectivity index (χ1) is 4.84. The van der Waals surface area contributed by atoms with Crippen LogP contribution in [0.2, 0.25) is 0 Å². The van der Waals surface area contributed by atoms with E-state index in [9.17, 15) is 0 Å². The minimum Gasteiger partial charge on any atom is -0.366 e. The highest BCUT2D eigenvalue weighted by Crippen LogP contribution is 1.92. The summed E-state index contributed by atoms with van der Waals surface area (Å²) in [6.45, 7) is 0. The summed E-state index contributed by atoms with van der Waals surface area (Å²) in [7, 11) is 0. The molecule has 0 aliphatic rings. The van der Waals surface area contributed by atoms with Crippen molar-refractivity contribution in [3.05, 3.63) is 18.0 Å². The maximum absolute atomic E-state index is 7.99. The van der Waals surface area contributed by atoms with Gasteiger partial charge in [0, 0.05) is 6.20 Å². The Morgan fingerprint density at radius 3 is 3.20 bits per heavy atom. The Labute approximate surface area is 56.8 Å². The third kappa shape index (κ3) is 1.11. The molecule has 1 aromatic heterocycles. The van der Waals surface area contributed by atoms with E-state index in [1.54, 1.807) is 6.07 Å². The quantitative estimate of drug-likeness (QED) is 0.329. The first kappa shape index (κ1) is 6.29. The lowest BCUT2D eigenvalue weighted by Gasteiger charge is -1.90. The average Bonchev–Trinajstić information content (AvgIpc) is 2.38. The van der Waals surface area contributed by atoms with Crippen molar-refractivity contribution in [1.29, 1.82) is 10.7 Å². The third-order valence-electron chi connectivity index (χ3n) is 0.893. The van der Waals surface area contributed by atoms with Crippen molar-refractivity contribution in [2.24, 2.45) is 0 Å². The number of nitrogens with zero attached hydrogens (tertiary/aromatic N) is 2. The first-order valence-electron chi connectivity index (χ1n) is 2.49. The Balaban J connectivity index is 2.71. The number of hydrogen-bond donors (Lipinski definition) is 2. The van der Waals surface area contributed by atoms with E-state index < -0.39 is 0 Å². The van der Waals surface area contributed by atoms with Gasteiger partial charge < -0.3 is 4.74 Å². The predicted molar refractivity (Wildman–Crippen MR) is 32.1 cm³/mol. The minimum absolute atomic E-state index is 0.222. The molecule has 1 heterocycles. The molecular formula is C5H4N4O. The lowest BCUT2D eigenvalue weighted by molar-refractivity contribution is 0.494. The summed E-state index contributed by atoms with van der Waals surface area (Å²) >= 11 is 0. The molecule has 0 radical (unpaired) electrons. The highest BCUT2D eigenvalue weighted by atomic mass is 16.5. The maximum atomic E-state index is 7.99. The standard InChI is InChI=1S/C5H4N4O/c6-3-10-5(7)4-1-2-8-9-4/h1-2,7H,(H,8,9). The molecule has 1 rings (SSSR count). The molecule has 0 fully saturated rings. The van der Waals surface area contributed by atoms with Gasteiger partial charge in [-0.3, -0.25) is 10.5 Å². The summed E-state index contributed by atoms with van der Waals surface area (Å²) in [5.74, 6) is -0.222. The second-order valence-corrected chi connectivity index (χ2v) is 1.49. The number of H-pyrrole nitrogens is 1. The van der Waals surface area contributed by atoms with E-state index in [1.165, 1.54) is 12.5 Å². The van der Waals surface area contributed by atoms with Crippen LogP contribution in [0, 0.1) is 16.9 Å². The lowest BCUT2D eigenvalue weighted by atomic mass is 10.4. The molecule has 0 spiro atoms. The Bertz CT molecular complexity index is 258. The van der Waals surface area contributed by atoms with Crippen molar-refractivity contribution in [3.63, 3.8) is 0 Å². The number of nitrogens with one attached hydrogen (secondary N) is 2. The molecule has 10 heavy (non-hydrogen) atoms. The van der Waals surface area contributed by atoms with Gasteiger partial charge in [-0.05, 0) is 6.07 Å². The van der Waals surface area contributed by atoms with Crippen LogP contribution < -0.4 is 0 Å². The van der Waals surface area contributed by atoms with Gasteiger partial charge in [0.05, 0.1) is 0 Å². The summed E-state index contributed by atoms with van der Waals surface area (Å²) < 4.78 is 4.20. The Kier molecular flexibility index (Phi) is 1.66. The van der Waals surface area contributed by atoms with E-state index in [-0.39, 0.29) is 5.90 Å². The van der Waals surface area contributed by atoms with E-state index in [4.69, 9.17) is 10.7 Å². The third-order valence-corrected chi connectivity index (χ3v) is 0.893. The molecule has 0 unspecified atom stereocenters. The number of aromatic amines is 1. The van der Waals surface area contributed by atoms with Crippen molar-refractivity contribution >= 4 is 5.90 Å². The molecule has 0 aliphatic heterocycles. The van der Waals surface area contributed by atoms with E-state index in [2.05, 4.69) is 14.9 Å². The van der Waals surface area contributed by atoms with Crippen molar-refractivity contribution in [3.8, 4) is 6.26 Å². The molecule has 0 saturated heterocycles. The van der Waals surface area contributed by atoms with Crippen LogP contribution in [0.15, 0.2) is 12.3 Å². The topological polar surface area (TPSA) is 85.5 Å². The van der Waals surface area contributed by atoms with Crippen molar-refractivity contribution < 1.29 is 4.74 Å². The molecule has 50 valence electrons. The molecule has 1 aromatic rings. The van der Waals surface area contributed by atoms with E-state index in [0.29, 0.717) is 5.69 Å². The second kappa shape index (κ2) is 2.64. The normalized spacial score (nSPS) is 8.30. The highest BCUT2D eigenvalue weighted by Gasteiger charge is 2.01. The van der Waals surface area contributed by atoms with Gasteiger partial charge in [-0.1, -0.05) is 0 Å². The summed E-state index contributed by atoms with van der Waals surface area (Å²) in [5.41, 5.74) is 0.390. The van der Waals surface area contributed by atoms with Gasteiger partial charge >= 0.3 is 0 Å². The minimum atomic E-state index is -0.222. The van der Waals surface area contributed by atoms with Crippen LogP contribution in [0.1, 0.15) is 5.69 Å². The molecule has 5 nitrogen and oxygen atoms in total. The fourth-order valence-corrected chi connectivity index (χ4v) is 0.483. The fourth-order valence-electron chi connectivity index (χ4n) is 0.483. The largest absolute Gasteiger partial charge is 0.366 e. The number of nitriles is 1. The Morgan fingerprint density at radius 2 is 2.70 bits per heavy atom. The highest BCUT2D eigenvalue weighted by molar-refractivity contribution is 5.89. The SMILES string of the molecule is N#COC(=N)c1ccn[nH]1. The fraction of sp³-hybridized carbons (Fsp3) is 0. The van der Waals surface area contributed by atoms with Gasteiger partial charge in [0.15, 0.2) is 0 Å². The molecule has 5 heteroatoms. The molecule has 0 atom stereocenters. The maximum Gasteiger partial charge on any atom is 0.293 e. The molecule has 0 saturated carbocycles. The van der Waals surface area contributed by atoms with Gasteiger partial charge in [0.2, 0.25) is 0 Å². The first-order valence-corrected chi connectivity index (χ1v) is 2.49. The van der Waals surface area contributed by atoms with Gasteiger partial charge in [-0.15, -0.1) is 5.26 Å². The average molecular weight is 136 g/mol. The number of ether oxygens (including phenoxy) is 1. The summed E-state index contributed by atoms with van der Waals surface area (Å²) in [5, 5.41) is 21.1. The van der Waals surface area contributed by atoms with Crippen molar-refractivity contribution in [1.82, 2.24) is 10.2 Å². The second-order valence-electron chi connectivity index (χ2n) is 1.49. The summed E-state index contributed by atoms with van der Waals surface area (Å²) in [4.78, 5) is 0. The van der Waals surface area contributed by atoms with Crippen LogP contribution in [-0.2, 0) is 4.74 Å². The van der Waals surface area contributed by atoms with Gasteiger partial charge in [0.1, 0.15) is 5.69 Å². The predicted octanol–water partition coefficient (Wildman–Crippen LogP) is 0.233. The smallest absolute Gasteiger partial charge is 0.293 e. The van der Waals surface area contributed by atoms with Crippen molar-refractivity contribution in [2.75, 3.05) is 0 Å². The molecule has 0 amide bonds. The summed E-state index contributed by atoms with van der Waals surface area (Å²) in [6.07, 6.45) is 2.86. The number of hydrogen-bond acceptors (Lipinski definition) is 4. The molecule has 0 bridgehead atoms. The number of rotatable bonds is 1. The monoisotopic (exact) mass is 136 g/mol. The lowest BCUT2D eigenvalue weighted by Crippen LogP contribution is -2.00. The zero-order valence-corrected chi connectivity index (χ0v) is 4.96. The molecule has 2 N–H and O–H groups in total. The van der Waals surface area contributed by atoms with Crippen LogP contribution in [0.25, 0.3) is 0 Å². The summed E-state index contributed by atoms with van der Waals surface area (Å²) in [6, 6.07) is 1.54. The van der Waals surface area contributed by atoms with Gasteiger partial charge in [-0.2, -0.15) is 5.10 Å². The number of aromatic nitrogens is 2. The molecule has 0 aliphatic carbocycles. The van der Waals surface area contributed by atoms with Crippen LogP contribution >= 0.6 is 0 Å². The van der Waals surface area contributed by atoms with E-state index >= 15 is 0 Å². The van der Waals surface area contributed by atoms with E-state index in [0.717, 1.165) is 0 Å². The van der Waals surface area contributed by atoms with Crippen LogP contribution in [0.4, 0.5) is 0 Å². The zero-order valence-electron chi connectivity index (χ0n) is 4.96. The van der Waals surface area contributed by atoms with Crippen molar-refractivity contribution in [2.45, 2.75) is 0 Å². The molecule has 0 aromatic carbocycles. The Morgan fingerprint density at radius 1 is 1.90 bits per heavy atom. The van der Waals surface area contributed by atoms with Gasteiger partial charge in [0.25, 0.3) is 12.2 Å². The Hall–Kier alpha value is -1.83. The zero-order chi connectivity index (χ0) is 7.40. The van der Waals surface area contributed by atoms with Gasteiger partial charge in [-0.25, -0.2) is 0 Å². The van der Waals surface area contributed by atoms with Crippen LogP contribution in [0.3, 0.4) is 0 Å². The molecular weight excluding hydrogens is 132 g/mol.